The zero-order valence-corrected chi connectivity index (χ0v) is 23.9. The first kappa shape index (κ1) is 24.7. The Hall–Kier alpha value is -4.36. The lowest BCUT2D eigenvalue weighted by molar-refractivity contribution is 0.588. The quantitative estimate of drug-likeness (QED) is 0.225. The van der Waals surface area contributed by atoms with Crippen molar-refractivity contribution in [3.05, 3.63) is 103 Å². The van der Waals surface area contributed by atoms with Crippen molar-refractivity contribution in [2.24, 2.45) is 0 Å². The van der Waals surface area contributed by atoms with E-state index in [2.05, 4.69) is 119 Å². The molecule has 4 heterocycles. The molecule has 1 aliphatic rings. The first-order chi connectivity index (χ1) is 19.4. The molecule has 0 fully saturated rings. The predicted octanol–water partition coefficient (Wildman–Crippen LogP) is 7.96. The van der Waals surface area contributed by atoms with Crippen LogP contribution in [0.3, 0.4) is 0 Å². The molecule has 0 unspecified atom stereocenters. The van der Waals surface area contributed by atoms with E-state index >= 15 is 0 Å². The Morgan fingerprint density at radius 1 is 0.800 bits per heavy atom. The highest BCUT2D eigenvalue weighted by Gasteiger charge is 2.27. The summed E-state index contributed by atoms with van der Waals surface area (Å²) < 4.78 is 2.27. The van der Waals surface area contributed by atoms with E-state index in [9.17, 15) is 0 Å². The van der Waals surface area contributed by atoms with E-state index in [0.717, 1.165) is 40.7 Å². The van der Waals surface area contributed by atoms with Gasteiger partial charge in [-0.3, -0.25) is 4.57 Å². The minimum atomic E-state index is 0.00230. The molecule has 40 heavy (non-hydrogen) atoms. The van der Waals surface area contributed by atoms with Gasteiger partial charge in [0.15, 0.2) is 5.82 Å². The molecule has 0 radical (unpaired) electrons. The number of rotatable bonds is 4. The normalized spacial score (nSPS) is 13.4. The van der Waals surface area contributed by atoms with Crippen LogP contribution in [0.15, 0.2) is 107 Å². The number of anilines is 3. The summed E-state index contributed by atoms with van der Waals surface area (Å²) in [7, 11) is 2.07. The standard InChI is InChI=1S/C33H30N6S/c1-33(2,3)22-15-23(38-21-37(4)32-30(38)19-34-20-36-32)17-25(16-22)40-24-12-13-27-26-9-5-6-10-28(26)39(29(27)18-24)31-11-7-8-14-35-31/h5-20H,21H2,1-4H3. The Labute approximate surface area is 238 Å². The lowest BCUT2D eigenvalue weighted by atomic mass is 9.87. The van der Waals surface area contributed by atoms with E-state index in [1.165, 1.54) is 26.1 Å². The van der Waals surface area contributed by atoms with Crippen LogP contribution >= 0.6 is 11.8 Å². The highest BCUT2D eigenvalue weighted by atomic mass is 32.2. The summed E-state index contributed by atoms with van der Waals surface area (Å²) in [6.07, 6.45) is 5.38. The fraction of sp³-hybridized carbons (Fsp3) is 0.182. The summed E-state index contributed by atoms with van der Waals surface area (Å²) in [5, 5.41) is 2.46. The van der Waals surface area contributed by atoms with Crippen LogP contribution in [0.25, 0.3) is 27.6 Å². The van der Waals surface area contributed by atoms with Crippen molar-refractivity contribution in [2.45, 2.75) is 36.0 Å². The molecular formula is C33H30N6S. The molecule has 7 heteroatoms. The van der Waals surface area contributed by atoms with Gasteiger partial charge in [-0.05, 0) is 59.5 Å². The van der Waals surface area contributed by atoms with Gasteiger partial charge >= 0.3 is 0 Å². The molecule has 3 aromatic heterocycles. The number of para-hydroxylation sites is 1. The highest BCUT2D eigenvalue weighted by molar-refractivity contribution is 7.99. The van der Waals surface area contributed by atoms with Crippen molar-refractivity contribution < 1.29 is 0 Å². The van der Waals surface area contributed by atoms with E-state index in [0.29, 0.717) is 0 Å². The summed E-state index contributed by atoms with van der Waals surface area (Å²) in [5.41, 5.74) is 5.80. The van der Waals surface area contributed by atoms with Gasteiger partial charge in [-0.2, -0.15) is 0 Å². The smallest absolute Gasteiger partial charge is 0.157 e. The molecule has 1 aliphatic heterocycles. The van der Waals surface area contributed by atoms with E-state index in [1.54, 1.807) is 18.1 Å². The molecule has 0 amide bonds. The molecule has 6 nitrogen and oxygen atoms in total. The number of pyridine rings is 1. The minimum Gasteiger partial charge on any atom is -0.340 e. The van der Waals surface area contributed by atoms with Crippen molar-refractivity contribution in [1.29, 1.82) is 0 Å². The van der Waals surface area contributed by atoms with Crippen molar-refractivity contribution in [3.63, 3.8) is 0 Å². The van der Waals surface area contributed by atoms with E-state index in [4.69, 9.17) is 4.98 Å². The molecule has 0 aliphatic carbocycles. The van der Waals surface area contributed by atoms with Crippen LogP contribution in [0.5, 0.6) is 0 Å². The van der Waals surface area contributed by atoms with Gasteiger partial charge in [-0.25, -0.2) is 15.0 Å². The van der Waals surface area contributed by atoms with E-state index < -0.39 is 0 Å². The zero-order chi connectivity index (χ0) is 27.4. The molecule has 0 spiro atoms. The summed E-state index contributed by atoms with van der Waals surface area (Å²) in [4.78, 5) is 20.4. The fourth-order valence-corrected chi connectivity index (χ4v) is 6.43. The van der Waals surface area contributed by atoms with Gasteiger partial charge in [-0.15, -0.1) is 0 Å². The van der Waals surface area contributed by atoms with Gasteiger partial charge in [0.25, 0.3) is 0 Å². The third kappa shape index (κ3) is 4.18. The number of nitrogens with zero attached hydrogens (tertiary/aromatic N) is 6. The molecule has 6 aromatic rings. The first-order valence-corrected chi connectivity index (χ1v) is 14.3. The molecule has 0 saturated heterocycles. The summed E-state index contributed by atoms with van der Waals surface area (Å²) in [6.45, 7) is 7.54. The maximum Gasteiger partial charge on any atom is 0.157 e. The zero-order valence-electron chi connectivity index (χ0n) is 23.0. The Morgan fingerprint density at radius 2 is 1.62 bits per heavy atom. The fourth-order valence-electron chi connectivity index (χ4n) is 5.49. The average molecular weight is 543 g/mol. The van der Waals surface area contributed by atoms with Gasteiger partial charge in [0.05, 0.1) is 23.9 Å². The van der Waals surface area contributed by atoms with Crippen LogP contribution in [0.1, 0.15) is 26.3 Å². The van der Waals surface area contributed by atoms with E-state index in [-0.39, 0.29) is 5.41 Å². The summed E-state index contributed by atoms with van der Waals surface area (Å²) in [6, 6.07) is 28.3. The number of aromatic nitrogens is 4. The SMILES string of the molecule is CN1CN(c2cc(Sc3ccc4c5ccccc5n(-c5ccccn5)c4c3)cc(C(C)(C)C)c2)c2cncnc21. The van der Waals surface area contributed by atoms with Crippen molar-refractivity contribution in [2.75, 3.05) is 23.5 Å². The Morgan fingerprint density at radius 3 is 2.45 bits per heavy atom. The largest absolute Gasteiger partial charge is 0.340 e. The second kappa shape index (κ2) is 9.38. The van der Waals surface area contributed by atoms with Crippen LogP contribution in [0.4, 0.5) is 17.2 Å². The lowest BCUT2D eigenvalue weighted by Gasteiger charge is -2.25. The number of benzene rings is 3. The number of fused-ring (bicyclic) bond motifs is 4. The van der Waals surface area contributed by atoms with Gasteiger partial charge in [-0.1, -0.05) is 62.9 Å². The number of hydrogen-bond acceptors (Lipinski definition) is 6. The van der Waals surface area contributed by atoms with Gasteiger partial charge in [0.1, 0.15) is 17.8 Å². The third-order valence-electron chi connectivity index (χ3n) is 7.51. The van der Waals surface area contributed by atoms with Crippen molar-refractivity contribution in [3.8, 4) is 5.82 Å². The Kier molecular flexibility index (Phi) is 5.78. The molecule has 0 atom stereocenters. The van der Waals surface area contributed by atoms with Gasteiger partial charge in [0.2, 0.25) is 0 Å². The maximum absolute atomic E-state index is 4.69. The van der Waals surface area contributed by atoms with E-state index in [1.807, 2.05) is 24.5 Å². The summed E-state index contributed by atoms with van der Waals surface area (Å²) in [5.74, 6) is 1.88. The van der Waals surface area contributed by atoms with Gasteiger partial charge < -0.3 is 9.80 Å². The van der Waals surface area contributed by atoms with Crippen molar-refractivity contribution in [1.82, 2.24) is 19.5 Å². The molecule has 7 rings (SSSR count). The molecule has 0 bridgehead atoms. The minimum absolute atomic E-state index is 0.00230. The van der Waals surface area contributed by atoms with Crippen LogP contribution in [-0.2, 0) is 5.41 Å². The third-order valence-corrected chi connectivity index (χ3v) is 8.47. The van der Waals surface area contributed by atoms with Gasteiger partial charge in [0, 0.05) is 39.5 Å². The van der Waals surface area contributed by atoms with Crippen LogP contribution in [0, 0.1) is 0 Å². The topological polar surface area (TPSA) is 50.1 Å². The second-order valence-corrected chi connectivity index (χ2v) is 12.4. The summed E-state index contributed by atoms with van der Waals surface area (Å²) >= 11 is 1.80. The molecular weight excluding hydrogens is 512 g/mol. The van der Waals surface area contributed by atoms with Crippen LogP contribution in [0.2, 0.25) is 0 Å². The first-order valence-electron chi connectivity index (χ1n) is 13.4. The molecule has 198 valence electrons. The monoisotopic (exact) mass is 542 g/mol. The maximum atomic E-state index is 4.69. The highest BCUT2D eigenvalue weighted by Crippen LogP contribution is 2.42. The lowest BCUT2D eigenvalue weighted by Crippen LogP contribution is -2.24. The average Bonchev–Trinajstić information content (AvgIpc) is 3.47. The molecule has 0 N–H and O–H groups in total. The Balaban J connectivity index is 1.34. The second-order valence-electron chi connectivity index (χ2n) is 11.3. The van der Waals surface area contributed by atoms with Crippen LogP contribution in [-0.4, -0.2) is 33.2 Å². The van der Waals surface area contributed by atoms with Crippen molar-refractivity contribution >= 4 is 50.8 Å². The number of hydrogen-bond donors (Lipinski definition) is 0. The molecule has 3 aromatic carbocycles. The predicted molar refractivity (Wildman–Crippen MR) is 165 cm³/mol. The Bertz CT molecular complexity index is 1870. The molecule has 0 saturated carbocycles. The van der Waals surface area contributed by atoms with Crippen LogP contribution < -0.4 is 9.80 Å².